The molecule has 0 radical (unpaired) electrons. The predicted molar refractivity (Wildman–Crippen MR) is 170 cm³/mol. The molecule has 0 bridgehead atoms. The van der Waals surface area contributed by atoms with E-state index >= 15 is 0 Å². The first-order valence-electron chi connectivity index (χ1n) is 15.8. The van der Waals surface area contributed by atoms with Crippen LogP contribution in [-0.2, 0) is 5.41 Å². The summed E-state index contributed by atoms with van der Waals surface area (Å²) in [6, 6.07) is 35.2. The molecule has 0 spiro atoms. The van der Waals surface area contributed by atoms with E-state index in [9.17, 15) is 0 Å². The van der Waals surface area contributed by atoms with Crippen LogP contribution in [0.2, 0.25) is 0 Å². The van der Waals surface area contributed by atoms with Crippen LogP contribution in [0.5, 0.6) is 0 Å². The molecule has 204 valence electrons. The molecule has 1 heteroatoms. The average molecular weight is 526 g/mol. The summed E-state index contributed by atoms with van der Waals surface area (Å²) in [4.78, 5) is 2.51. The molecular formula is C39H43N. The molecule has 4 aromatic carbocycles. The largest absolute Gasteiger partial charge is 0.310 e. The minimum Gasteiger partial charge on any atom is -0.310 e. The fourth-order valence-corrected chi connectivity index (χ4v) is 7.96. The van der Waals surface area contributed by atoms with Crippen LogP contribution < -0.4 is 4.90 Å². The Morgan fingerprint density at radius 1 is 0.500 bits per heavy atom. The van der Waals surface area contributed by atoms with Crippen LogP contribution in [0.15, 0.2) is 91.0 Å². The highest BCUT2D eigenvalue weighted by atomic mass is 15.1. The summed E-state index contributed by atoms with van der Waals surface area (Å²) in [6.07, 6.45) is 13.6. The molecule has 0 N–H and O–H groups in total. The molecule has 2 saturated carbocycles. The molecule has 0 saturated heterocycles. The van der Waals surface area contributed by atoms with Gasteiger partial charge in [0.2, 0.25) is 0 Å². The van der Waals surface area contributed by atoms with Gasteiger partial charge in [-0.1, -0.05) is 107 Å². The summed E-state index contributed by atoms with van der Waals surface area (Å²) in [5, 5.41) is 0. The third-order valence-electron chi connectivity index (χ3n) is 10.3. The summed E-state index contributed by atoms with van der Waals surface area (Å²) >= 11 is 0. The first kappa shape index (κ1) is 25.6. The topological polar surface area (TPSA) is 3.24 Å². The minimum atomic E-state index is -0.0115. The monoisotopic (exact) mass is 525 g/mol. The number of hydrogen-bond acceptors (Lipinski definition) is 1. The quantitative estimate of drug-likeness (QED) is 0.250. The van der Waals surface area contributed by atoms with E-state index in [4.69, 9.17) is 0 Å². The highest BCUT2D eigenvalue weighted by Crippen LogP contribution is 2.50. The number of benzene rings is 4. The van der Waals surface area contributed by atoms with Crippen LogP contribution in [0, 0.1) is 0 Å². The summed E-state index contributed by atoms with van der Waals surface area (Å²) in [5.74, 6) is 1.42. The van der Waals surface area contributed by atoms with E-state index < -0.39 is 0 Å². The van der Waals surface area contributed by atoms with Gasteiger partial charge in [-0.3, -0.25) is 0 Å². The minimum absolute atomic E-state index is 0.0115. The molecule has 3 aliphatic rings. The smallest absolute Gasteiger partial charge is 0.0465 e. The van der Waals surface area contributed by atoms with E-state index in [1.54, 1.807) is 0 Å². The molecule has 7 rings (SSSR count). The second kappa shape index (κ2) is 10.6. The van der Waals surface area contributed by atoms with Gasteiger partial charge in [-0.2, -0.15) is 0 Å². The van der Waals surface area contributed by atoms with Crippen molar-refractivity contribution in [2.24, 2.45) is 0 Å². The molecular weight excluding hydrogens is 482 g/mol. The Kier molecular flexibility index (Phi) is 6.78. The third-order valence-corrected chi connectivity index (χ3v) is 10.3. The molecule has 2 fully saturated rings. The molecule has 0 amide bonds. The summed E-state index contributed by atoms with van der Waals surface area (Å²) in [5.41, 5.74) is 12.4. The van der Waals surface area contributed by atoms with E-state index in [0.29, 0.717) is 5.92 Å². The van der Waals surface area contributed by atoms with Crippen molar-refractivity contribution in [3.05, 3.63) is 113 Å². The van der Waals surface area contributed by atoms with E-state index in [0.717, 1.165) is 5.92 Å². The SMILES string of the molecule is CC1(C)c2ccccc2-c2ccc(N(c3ccc(C4CCCCC4)cc3)c3cccc(C4CCCCC4)c3)cc21. The fourth-order valence-electron chi connectivity index (χ4n) is 7.96. The maximum Gasteiger partial charge on any atom is 0.0465 e. The zero-order valence-electron chi connectivity index (χ0n) is 24.3. The Labute approximate surface area is 241 Å². The summed E-state index contributed by atoms with van der Waals surface area (Å²) in [7, 11) is 0. The van der Waals surface area contributed by atoms with Gasteiger partial charge in [0, 0.05) is 22.5 Å². The number of nitrogens with zero attached hydrogens (tertiary/aromatic N) is 1. The van der Waals surface area contributed by atoms with E-state index in [1.165, 1.54) is 115 Å². The van der Waals surface area contributed by atoms with Gasteiger partial charge in [-0.05, 0) is 107 Å². The van der Waals surface area contributed by atoms with E-state index in [2.05, 4.69) is 110 Å². The van der Waals surface area contributed by atoms with Crippen LogP contribution >= 0.6 is 0 Å². The van der Waals surface area contributed by atoms with Crippen molar-refractivity contribution >= 4 is 17.1 Å². The van der Waals surface area contributed by atoms with Crippen molar-refractivity contribution in [1.82, 2.24) is 0 Å². The van der Waals surface area contributed by atoms with Gasteiger partial charge in [0.1, 0.15) is 0 Å². The van der Waals surface area contributed by atoms with E-state index in [-0.39, 0.29) is 5.41 Å². The van der Waals surface area contributed by atoms with Crippen molar-refractivity contribution in [2.75, 3.05) is 4.90 Å². The van der Waals surface area contributed by atoms with Gasteiger partial charge >= 0.3 is 0 Å². The molecule has 1 nitrogen and oxygen atoms in total. The van der Waals surface area contributed by atoms with Crippen molar-refractivity contribution in [3.8, 4) is 11.1 Å². The Bertz CT molecular complexity index is 1480. The average Bonchev–Trinajstić information content (AvgIpc) is 3.25. The van der Waals surface area contributed by atoms with Crippen LogP contribution in [0.25, 0.3) is 11.1 Å². The number of fused-ring (bicyclic) bond motifs is 3. The van der Waals surface area contributed by atoms with Gasteiger partial charge in [0.15, 0.2) is 0 Å². The Morgan fingerprint density at radius 3 is 1.82 bits per heavy atom. The zero-order chi connectivity index (χ0) is 27.1. The fraction of sp³-hybridized carbons (Fsp3) is 0.385. The van der Waals surface area contributed by atoms with Gasteiger partial charge in [0.05, 0.1) is 0 Å². The summed E-state index contributed by atoms with van der Waals surface area (Å²) < 4.78 is 0. The van der Waals surface area contributed by atoms with Gasteiger partial charge < -0.3 is 4.90 Å². The molecule has 0 unspecified atom stereocenters. The number of rotatable bonds is 5. The van der Waals surface area contributed by atoms with Crippen molar-refractivity contribution in [2.45, 2.75) is 95.3 Å². The lowest BCUT2D eigenvalue weighted by Gasteiger charge is -2.30. The Hall–Kier alpha value is -3.32. The Morgan fingerprint density at radius 2 is 1.10 bits per heavy atom. The van der Waals surface area contributed by atoms with Crippen LogP contribution in [0.1, 0.15) is 112 Å². The molecule has 3 aliphatic carbocycles. The standard InChI is InChI=1S/C39H43N/c1-39(2)37-19-10-9-18-35(37)36-25-24-34(27-38(36)39)40(32-22-20-30(21-23-32)28-12-5-3-6-13-28)33-17-11-16-31(26-33)29-14-7-4-8-15-29/h9-11,16-29H,3-8,12-15H2,1-2H3. The maximum atomic E-state index is 2.51. The molecule has 0 atom stereocenters. The van der Waals surface area contributed by atoms with Crippen LogP contribution in [0.4, 0.5) is 17.1 Å². The van der Waals surface area contributed by atoms with Gasteiger partial charge in [-0.25, -0.2) is 0 Å². The lowest BCUT2D eigenvalue weighted by atomic mass is 9.82. The first-order valence-corrected chi connectivity index (χ1v) is 15.8. The maximum absolute atomic E-state index is 2.51. The highest BCUT2D eigenvalue weighted by molar-refractivity contribution is 5.85. The zero-order valence-corrected chi connectivity index (χ0v) is 24.3. The lowest BCUT2D eigenvalue weighted by Crippen LogP contribution is -2.17. The van der Waals surface area contributed by atoms with Gasteiger partial charge in [-0.15, -0.1) is 0 Å². The first-order chi connectivity index (χ1) is 19.6. The van der Waals surface area contributed by atoms with E-state index in [1.807, 2.05) is 0 Å². The second-order valence-electron chi connectivity index (χ2n) is 13.1. The number of hydrogen-bond donors (Lipinski definition) is 0. The normalized spacial score (nSPS) is 18.8. The van der Waals surface area contributed by atoms with Gasteiger partial charge in [0.25, 0.3) is 0 Å². The third kappa shape index (κ3) is 4.58. The molecule has 0 aromatic heterocycles. The highest BCUT2D eigenvalue weighted by Gasteiger charge is 2.35. The van der Waals surface area contributed by atoms with Crippen LogP contribution in [0.3, 0.4) is 0 Å². The van der Waals surface area contributed by atoms with Crippen molar-refractivity contribution in [3.63, 3.8) is 0 Å². The molecule has 0 heterocycles. The molecule has 0 aliphatic heterocycles. The lowest BCUT2D eigenvalue weighted by molar-refractivity contribution is 0.443. The number of anilines is 3. The summed E-state index contributed by atoms with van der Waals surface area (Å²) in [6.45, 7) is 4.77. The molecule has 4 aromatic rings. The predicted octanol–water partition coefficient (Wildman–Crippen LogP) is 11.6. The molecule has 40 heavy (non-hydrogen) atoms. The van der Waals surface area contributed by atoms with Crippen molar-refractivity contribution in [1.29, 1.82) is 0 Å². The van der Waals surface area contributed by atoms with Crippen molar-refractivity contribution < 1.29 is 0 Å². The second-order valence-corrected chi connectivity index (χ2v) is 13.1. The Balaban J connectivity index is 1.32. The van der Waals surface area contributed by atoms with Crippen LogP contribution in [-0.4, -0.2) is 0 Å².